The number of nitrogens with one attached hydrogen (secondary N) is 2. The molecule has 2 N–H and O–H groups in total. The zero-order chi connectivity index (χ0) is 20.1. The van der Waals surface area contributed by atoms with Gasteiger partial charge in [0.25, 0.3) is 11.5 Å². The van der Waals surface area contributed by atoms with Gasteiger partial charge in [0.05, 0.1) is 17.9 Å². The summed E-state index contributed by atoms with van der Waals surface area (Å²) in [5.74, 6) is -0.0514. The second-order valence-corrected chi connectivity index (χ2v) is 7.71. The topological polar surface area (TPSA) is 72.4 Å². The number of hydroxylamine groups is 1. The largest absolute Gasteiger partial charge is 0.354 e. The van der Waals surface area contributed by atoms with Crippen LogP contribution >= 0.6 is 15.9 Å². The summed E-state index contributed by atoms with van der Waals surface area (Å²) >= 11 is 3.44. The molecule has 0 saturated carbocycles. The van der Waals surface area contributed by atoms with E-state index in [-0.39, 0.29) is 5.56 Å². The maximum absolute atomic E-state index is 12.7. The van der Waals surface area contributed by atoms with Crippen LogP contribution in [0.25, 0.3) is 0 Å². The van der Waals surface area contributed by atoms with Crippen molar-refractivity contribution in [1.29, 1.82) is 0 Å². The van der Waals surface area contributed by atoms with Crippen LogP contribution in [0.1, 0.15) is 41.8 Å². The summed E-state index contributed by atoms with van der Waals surface area (Å²) in [4.78, 5) is 30.4. The highest BCUT2D eigenvalue weighted by Crippen LogP contribution is 2.27. The molecule has 0 aliphatic heterocycles. The maximum Gasteiger partial charge on any atom is 0.278 e. The molecule has 146 valence electrons. The number of aryl methyl sites for hydroxylation is 2. The van der Waals surface area contributed by atoms with Crippen molar-refractivity contribution in [1.82, 2.24) is 10.0 Å². The smallest absolute Gasteiger partial charge is 0.278 e. The number of carbonyl (C=O) groups excluding carboxylic acids is 1. The van der Waals surface area contributed by atoms with Gasteiger partial charge in [0.15, 0.2) is 0 Å². The van der Waals surface area contributed by atoms with Gasteiger partial charge >= 0.3 is 0 Å². The lowest BCUT2D eigenvalue weighted by atomic mass is 10.1. The Morgan fingerprint density at radius 2 is 2.04 bits per heavy atom. The number of nitrogens with zero attached hydrogens (tertiary/aromatic N) is 1. The third kappa shape index (κ3) is 5.20. The molecule has 7 heteroatoms. The molecule has 1 atom stereocenters. The van der Waals surface area contributed by atoms with E-state index < -0.39 is 5.91 Å². The molecule has 1 heterocycles. The van der Waals surface area contributed by atoms with Crippen molar-refractivity contribution in [3.05, 3.63) is 55.9 Å². The molecular weight excluding hydrogens is 410 g/mol. The first-order valence-electron chi connectivity index (χ1n) is 8.90. The highest BCUT2D eigenvalue weighted by atomic mass is 79.9. The molecule has 0 aliphatic carbocycles. The third-order valence-electron chi connectivity index (χ3n) is 4.53. The van der Waals surface area contributed by atoms with Crippen molar-refractivity contribution in [2.24, 2.45) is 13.0 Å². The lowest BCUT2D eigenvalue weighted by Gasteiger charge is -2.18. The predicted molar refractivity (Wildman–Crippen MR) is 111 cm³/mol. The van der Waals surface area contributed by atoms with Crippen LogP contribution in [0.5, 0.6) is 0 Å². The Balaban J connectivity index is 2.36. The van der Waals surface area contributed by atoms with Crippen molar-refractivity contribution in [2.75, 3.05) is 11.9 Å². The van der Waals surface area contributed by atoms with E-state index in [1.807, 2.05) is 32.0 Å². The van der Waals surface area contributed by atoms with Crippen LogP contribution in [0.2, 0.25) is 0 Å². The second-order valence-electron chi connectivity index (χ2n) is 6.80. The molecule has 0 bridgehead atoms. The van der Waals surface area contributed by atoms with Crippen molar-refractivity contribution in [2.45, 2.75) is 34.1 Å². The maximum atomic E-state index is 12.7. The minimum atomic E-state index is -0.394. The molecule has 1 aromatic heterocycles. The summed E-state index contributed by atoms with van der Waals surface area (Å²) in [5, 5.41) is 3.25. The van der Waals surface area contributed by atoms with E-state index >= 15 is 0 Å². The molecule has 0 radical (unpaired) electrons. The van der Waals surface area contributed by atoms with Gasteiger partial charge in [-0.1, -0.05) is 36.2 Å². The van der Waals surface area contributed by atoms with E-state index in [2.05, 4.69) is 33.7 Å². The van der Waals surface area contributed by atoms with Crippen molar-refractivity contribution in [3.63, 3.8) is 0 Å². The van der Waals surface area contributed by atoms with Crippen LogP contribution in [-0.4, -0.2) is 17.1 Å². The van der Waals surface area contributed by atoms with E-state index in [0.717, 1.165) is 22.1 Å². The lowest BCUT2D eigenvalue weighted by molar-refractivity contribution is 0.0182. The molecular formula is C20H26BrN3O3. The first-order valence-corrected chi connectivity index (χ1v) is 9.69. The minimum Gasteiger partial charge on any atom is -0.354 e. The summed E-state index contributed by atoms with van der Waals surface area (Å²) in [6.07, 6.45) is 2.48. The normalized spacial score (nSPS) is 11.9. The first-order chi connectivity index (χ1) is 12.7. The van der Waals surface area contributed by atoms with Crippen LogP contribution in [0, 0.1) is 19.8 Å². The average Bonchev–Trinajstić information content (AvgIpc) is 2.63. The molecule has 1 unspecified atom stereocenters. The minimum absolute atomic E-state index is 0.163. The van der Waals surface area contributed by atoms with E-state index in [9.17, 15) is 9.59 Å². The van der Waals surface area contributed by atoms with E-state index in [0.29, 0.717) is 29.3 Å². The van der Waals surface area contributed by atoms with Gasteiger partial charge < -0.3 is 9.88 Å². The fraction of sp³-hybridized carbons (Fsp3) is 0.400. The zero-order valence-electron chi connectivity index (χ0n) is 16.4. The molecule has 2 rings (SSSR count). The average molecular weight is 436 g/mol. The summed E-state index contributed by atoms with van der Waals surface area (Å²) < 4.78 is 2.36. The van der Waals surface area contributed by atoms with Gasteiger partial charge in [-0.05, 0) is 43.5 Å². The third-order valence-corrected chi connectivity index (χ3v) is 5.02. The van der Waals surface area contributed by atoms with Crippen molar-refractivity contribution < 1.29 is 9.63 Å². The number of rotatable bonds is 7. The van der Waals surface area contributed by atoms with Crippen molar-refractivity contribution in [3.8, 4) is 0 Å². The van der Waals surface area contributed by atoms with E-state index in [1.54, 1.807) is 14.0 Å². The van der Waals surface area contributed by atoms with Crippen LogP contribution in [0.15, 0.2) is 33.7 Å². The van der Waals surface area contributed by atoms with Gasteiger partial charge in [0.1, 0.15) is 0 Å². The standard InChI is InChI=1S/C20H26BrN3O3/c1-6-12(2)11-27-23-19(25)16-10-24(5)20(26)14(4)18(16)22-17-8-7-15(21)9-13(17)3/h7-10,12,22H,6,11H2,1-5H3,(H,23,25). The number of anilines is 2. The SMILES string of the molecule is CCC(C)CONC(=O)c1cn(C)c(=O)c(C)c1Nc1ccc(Br)cc1C. The second kappa shape index (κ2) is 9.19. The monoisotopic (exact) mass is 435 g/mol. The highest BCUT2D eigenvalue weighted by Gasteiger charge is 2.18. The zero-order valence-corrected chi connectivity index (χ0v) is 17.9. The van der Waals surface area contributed by atoms with Crippen LogP contribution in [0.3, 0.4) is 0 Å². The van der Waals surface area contributed by atoms with E-state index in [4.69, 9.17) is 4.84 Å². The first kappa shape index (κ1) is 21.2. The number of hydrogen-bond acceptors (Lipinski definition) is 4. The van der Waals surface area contributed by atoms with Crippen molar-refractivity contribution >= 4 is 33.2 Å². The van der Waals surface area contributed by atoms with Gasteiger partial charge in [-0.3, -0.25) is 14.4 Å². The predicted octanol–water partition coefficient (Wildman–Crippen LogP) is 4.22. The van der Waals surface area contributed by atoms with E-state index in [1.165, 1.54) is 10.8 Å². The molecule has 27 heavy (non-hydrogen) atoms. The quantitative estimate of drug-likeness (QED) is 0.638. The number of benzene rings is 1. The Kier molecular flexibility index (Phi) is 7.21. The van der Waals surface area contributed by atoms with Gasteiger partial charge in [-0.25, -0.2) is 5.48 Å². The van der Waals surface area contributed by atoms with Gasteiger partial charge in [-0.2, -0.15) is 0 Å². The summed E-state index contributed by atoms with van der Waals surface area (Å²) in [7, 11) is 1.63. The number of hydrogen-bond donors (Lipinski definition) is 2. The molecule has 0 spiro atoms. The highest BCUT2D eigenvalue weighted by molar-refractivity contribution is 9.10. The number of carbonyl (C=O) groups is 1. The Labute approximate surface area is 168 Å². The fourth-order valence-electron chi connectivity index (χ4n) is 2.55. The Morgan fingerprint density at radius 3 is 2.67 bits per heavy atom. The molecule has 1 amide bonds. The summed E-state index contributed by atoms with van der Waals surface area (Å²) in [5.41, 5.74) is 5.43. The molecule has 0 aliphatic rings. The van der Waals surface area contributed by atoms with Crippen LogP contribution in [0.4, 0.5) is 11.4 Å². The van der Waals surface area contributed by atoms with Gasteiger partial charge in [-0.15, -0.1) is 0 Å². The van der Waals surface area contributed by atoms with Gasteiger partial charge in [0.2, 0.25) is 0 Å². The summed E-state index contributed by atoms with van der Waals surface area (Å²) in [6, 6.07) is 5.77. The Morgan fingerprint density at radius 1 is 1.33 bits per heavy atom. The van der Waals surface area contributed by atoms with Gasteiger partial charge in [0, 0.05) is 29.0 Å². The molecule has 1 aromatic carbocycles. The Hall–Kier alpha value is -2.12. The fourth-order valence-corrected chi connectivity index (χ4v) is 3.02. The van der Waals surface area contributed by atoms with Crippen LogP contribution in [-0.2, 0) is 11.9 Å². The number of amides is 1. The molecule has 0 fully saturated rings. The number of halogens is 1. The summed E-state index contributed by atoms with van der Waals surface area (Å²) in [6.45, 7) is 8.20. The van der Waals surface area contributed by atoms with Crippen LogP contribution < -0.4 is 16.4 Å². The lowest BCUT2D eigenvalue weighted by Crippen LogP contribution is -2.30. The molecule has 6 nitrogen and oxygen atoms in total. The Bertz CT molecular complexity index is 893. The number of aromatic nitrogens is 1. The number of pyridine rings is 1. The molecule has 0 saturated heterocycles. The molecule has 2 aromatic rings.